The van der Waals surface area contributed by atoms with Crippen LogP contribution in [0.25, 0.3) is 11.3 Å². The Kier molecular flexibility index (Phi) is 7.82. The second-order valence-corrected chi connectivity index (χ2v) is 8.93. The maximum absolute atomic E-state index is 14.0. The van der Waals surface area contributed by atoms with E-state index in [1.54, 1.807) is 24.3 Å². The van der Waals surface area contributed by atoms with E-state index in [1.807, 2.05) is 0 Å². The smallest absolute Gasteiger partial charge is 0.429 e. The van der Waals surface area contributed by atoms with Crippen molar-refractivity contribution in [3.05, 3.63) is 65.7 Å². The first-order chi connectivity index (χ1) is 17.6. The summed E-state index contributed by atoms with van der Waals surface area (Å²) in [6, 6.07) is 12.5. The highest BCUT2D eigenvalue weighted by Gasteiger charge is 2.43. The zero-order chi connectivity index (χ0) is 26.6. The molecule has 0 saturated heterocycles. The summed E-state index contributed by atoms with van der Waals surface area (Å²) in [5, 5.41) is 8.96. The fraction of sp³-hybridized carbons (Fsp3) is 0.346. The topological polar surface area (TPSA) is 134 Å². The minimum Gasteiger partial charge on any atom is -0.490 e. The van der Waals surface area contributed by atoms with Crippen LogP contribution in [0.3, 0.4) is 0 Å². The lowest BCUT2D eigenvalue weighted by atomic mass is 10.0. The molecule has 4 rings (SSSR count). The number of halogens is 3. The molecule has 0 radical (unpaired) electrons. The van der Waals surface area contributed by atoms with Gasteiger partial charge in [0, 0.05) is 17.2 Å². The van der Waals surface area contributed by atoms with Gasteiger partial charge in [0.05, 0.1) is 11.8 Å². The lowest BCUT2D eigenvalue weighted by Crippen LogP contribution is -2.32. The van der Waals surface area contributed by atoms with Crippen LogP contribution in [-0.4, -0.2) is 39.4 Å². The van der Waals surface area contributed by atoms with Crippen molar-refractivity contribution in [1.29, 1.82) is 0 Å². The van der Waals surface area contributed by atoms with Crippen molar-refractivity contribution in [3.8, 4) is 22.9 Å². The molecule has 1 aliphatic rings. The van der Waals surface area contributed by atoms with E-state index in [2.05, 4.69) is 9.97 Å². The molecule has 1 aliphatic carbocycles. The number of aromatic nitrogens is 2. The van der Waals surface area contributed by atoms with Crippen molar-refractivity contribution < 1.29 is 32.5 Å². The highest BCUT2D eigenvalue weighted by molar-refractivity contribution is 5.73. The van der Waals surface area contributed by atoms with Crippen LogP contribution in [0.1, 0.15) is 42.9 Å². The van der Waals surface area contributed by atoms with Crippen LogP contribution < -0.4 is 20.9 Å². The zero-order valence-electron chi connectivity index (χ0n) is 19.8. The monoisotopic (exact) mass is 516 g/mol. The van der Waals surface area contributed by atoms with Gasteiger partial charge in [-0.3, -0.25) is 4.79 Å². The number of carboxylic acid groups (broad SMARTS) is 1. The molecule has 0 spiro atoms. The van der Waals surface area contributed by atoms with Crippen LogP contribution in [0, 0.1) is 0 Å². The number of nitrogens with zero attached hydrogens (tertiary/aromatic N) is 2. The standard InChI is InChI=1S/C26H27F3N4O4/c27-26(28,29)23(17-9-11-19(12-10-17)36-18-3-1-2-4-18)37-22-14-21(32-25(31)33-22)16-7-5-15(6-8-16)13-20(30)24(34)35/h5-12,14,18,20,23H,1-4,13,30H2,(H,34,35)(H2,31,32,33)/t20-,23?/m0/s1. The van der Waals surface area contributed by atoms with Gasteiger partial charge < -0.3 is 26.0 Å². The Morgan fingerprint density at radius 3 is 2.30 bits per heavy atom. The van der Waals surface area contributed by atoms with Crippen LogP contribution in [0.4, 0.5) is 19.1 Å². The van der Waals surface area contributed by atoms with E-state index in [-0.39, 0.29) is 35.6 Å². The average Bonchev–Trinajstić information content (AvgIpc) is 3.36. The molecule has 5 N–H and O–H groups in total. The fourth-order valence-electron chi connectivity index (χ4n) is 4.17. The summed E-state index contributed by atoms with van der Waals surface area (Å²) in [5.74, 6) is -1.21. The van der Waals surface area contributed by atoms with E-state index >= 15 is 0 Å². The number of hydrogen-bond acceptors (Lipinski definition) is 7. The second-order valence-electron chi connectivity index (χ2n) is 8.93. The van der Waals surface area contributed by atoms with E-state index in [1.165, 1.54) is 30.3 Å². The number of nitrogen functional groups attached to an aromatic ring is 1. The number of nitrogens with two attached hydrogens (primary N) is 2. The normalized spacial score (nSPS) is 15.8. The van der Waals surface area contributed by atoms with Crippen LogP contribution >= 0.6 is 0 Å². The summed E-state index contributed by atoms with van der Waals surface area (Å²) < 4.78 is 53.0. The molecule has 2 atom stereocenters. The molecule has 3 aromatic rings. The van der Waals surface area contributed by atoms with E-state index in [9.17, 15) is 18.0 Å². The van der Waals surface area contributed by atoms with E-state index < -0.39 is 24.3 Å². The molecule has 8 nitrogen and oxygen atoms in total. The molecule has 11 heteroatoms. The number of alkyl halides is 3. The predicted molar refractivity (Wildman–Crippen MR) is 130 cm³/mol. The van der Waals surface area contributed by atoms with Crippen molar-refractivity contribution >= 4 is 11.9 Å². The zero-order valence-corrected chi connectivity index (χ0v) is 19.8. The van der Waals surface area contributed by atoms with Gasteiger partial charge in [0.2, 0.25) is 17.9 Å². The van der Waals surface area contributed by atoms with Crippen LogP contribution in [0.15, 0.2) is 54.6 Å². The Labute approximate surface area is 211 Å². The molecular formula is C26H27F3N4O4. The third-order valence-corrected chi connectivity index (χ3v) is 6.07. The first-order valence-corrected chi connectivity index (χ1v) is 11.8. The van der Waals surface area contributed by atoms with Crippen LogP contribution in [0.2, 0.25) is 0 Å². The molecular weight excluding hydrogens is 489 g/mol. The lowest BCUT2D eigenvalue weighted by Gasteiger charge is -2.22. The van der Waals surface area contributed by atoms with Gasteiger partial charge in [-0.05, 0) is 49.8 Å². The van der Waals surface area contributed by atoms with Crippen LogP contribution in [0.5, 0.6) is 11.6 Å². The summed E-state index contributed by atoms with van der Waals surface area (Å²) in [6.07, 6.45) is -2.76. The highest BCUT2D eigenvalue weighted by atomic mass is 19.4. The largest absolute Gasteiger partial charge is 0.490 e. The number of ether oxygens (including phenoxy) is 2. The second kappa shape index (κ2) is 11.0. The quantitative estimate of drug-likeness (QED) is 0.373. The summed E-state index contributed by atoms with van der Waals surface area (Å²) in [6.45, 7) is 0. The highest BCUT2D eigenvalue weighted by Crippen LogP contribution is 2.38. The van der Waals surface area contributed by atoms with E-state index in [0.29, 0.717) is 16.9 Å². The van der Waals surface area contributed by atoms with Gasteiger partial charge >= 0.3 is 12.1 Å². The van der Waals surface area contributed by atoms with Crippen molar-refractivity contribution in [2.24, 2.45) is 5.73 Å². The summed E-state index contributed by atoms with van der Waals surface area (Å²) in [7, 11) is 0. The summed E-state index contributed by atoms with van der Waals surface area (Å²) in [5.41, 5.74) is 12.7. The molecule has 1 unspecified atom stereocenters. The number of benzene rings is 2. The van der Waals surface area contributed by atoms with E-state index in [0.717, 1.165) is 25.7 Å². The number of rotatable bonds is 9. The Morgan fingerprint density at radius 1 is 1.05 bits per heavy atom. The Balaban J connectivity index is 1.53. The fourth-order valence-corrected chi connectivity index (χ4v) is 4.17. The first kappa shape index (κ1) is 26.2. The summed E-state index contributed by atoms with van der Waals surface area (Å²) >= 11 is 0. The Morgan fingerprint density at radius 2 is 1.70 bits per heavy atom. The average molecular weight is 517 g/mol. The SMILES string of the molecule is Nc1nc(OC(c2ccc(OC3CCCC3)cc2)C(F)(F)F)cc(-c2ccc(C[C@H](N)C(=O)O)cc2)n1. The van der Waals surface area contributed by atoms with Crippen molar-refractivity contribution in [2.45, 2.75) is 56.5 Å². The molecule has 1 fully saturated rings. The van der Waals surface area contributed by atoms with Crippen molar-refractivity contribution in [1.82, 2.24) is 9.97 Å². The molecule has 2 aromatic carbocycles. The van der Waals surface area contributed by atoms with Gasteiger partial charge in [-0.1, -0.05) is 36.4 Å². The molecule has 0 amide bonds. The van der Waals surface area contributed by atoms with Gasteiger partial charge in [-0.2, -0.15) is 18.2 Å². The third kappa shape index (κ3) is 6.88. The molecule has 0 aliphatic heterocycles. The van der Waals surface area contributed by atoms with Gasteiger partial charge in [0.15, 0.2) is 0 Å². The van der Waals surface area contributed by atoms with Crippen molar-refractivity contribution in [3.63, 3.8) is 0 Å². The number of hydrogen-bond donors (Lipinski definition) is 3. The number of carbonyl (C=O) groups is 1. The molecule has 0 bridgehead atoms. The van der Waals surface area contributed by atoms with Gasteiger partial charge in [0.25, 0.3) is 0 Å². The molecule has 1 heterocycles. The Bertz CT molecular complexity index is 1210. The first-order valence-electron chi connectivity index (χ1n) is 11.8. The molecule has 37 heavy (non-hydrogen) atoms. The Hall–Kier alpha value is -3.86. The minimum absolute atomic E-state index is 0.0888. The van der Waals surface area contributed by atoms with Crippen molar-refractivity contribution in [2.75, 3.05) is 5.73 Å². The third-order valence-electron chi connectivity index (χ3n) is 6.07. The number of anilines is 1. The summed E-state index contributed by atoms with van der Waals surface area (Å²) in [4.78, 5) is 18.9. The number of carboxylic acids is 1. The maximum atomic E-state index is 14.0. The maximum Gasteiger partial charge on any atom is 0.429 e. The predicted octanol–water partition coefficient (Wildman–Crippen LogP) is 4.68. The minimum atomic E-state index is -4.72. The van der Waals surface area contributed by atoms with Gasteiger partial charge in [0.1, 0.15) is 11.8 Å². The molecule has 1 aromatic heterocycles. The van der Waals surface area contributed by atoms with Gasteiger partial charge in [-0.15, -0.1) is 0 Å². The number of aliphatic carboxylic acids is 1. The van der Waals surface area contributed by atoms with Crippen LogP contribution in [-0.2, 0) is 11.2 Å². The van der Waals surface area contributed by atoms with Gasteiger partial charge in [-0.25, -0.2) is 4.98 Å². The van der Waals surface area contributed by atoms with E-state index in [4.69, 9.17) is 26.0 Å². The lowest BCUT2D eigenvalue weighted by molar-refractivity contribution is -0.198. The molecule has 196 valence electrons. The molecule has 1 saturated carbocycles.